The molecule has 0 radical (unpaired) electrons. The summed E-state index contributed by atoms with van der Waals surface area (Å²) in [5.74, 6) is 1.42. The Kier molecular flexibility index (Phi) is 5.74. The molecule has 1 aliphatic heterocycles. The third kappa shape index (κ3) is 4.55. The Morgan fingerprint density at radius 3 is 2.79 bits per heavy atom. The minimum atomic E-state index is -0.217. The van der Waals surface area contributed by atoms with Gasteiger partial charge in [-0.1, -0.05) is 17.7 Å². The third-order valence-electron chi connectivity index (χ3n) is 5.31. The number of halogens is 1. The zero-order chi connectivity index (χ0) is 22.9. The average molecular weight is 482 g/mol. The van der Waals surface area contributed by atoms with Gasteiger partial charge in [-0.25, -0.2) is 0 Å². The first-order valence-corrected chi connectivity index (χ1v) is 11.6. The van der Waals surface area contributed by atoms with Crippen molar-refractivity contribution in [3.8, 4) is 11.5 Å². The van der Waals surface area contributed by atoms with E-state index in [0.29, 0.717) is 32.8 Å². The van der Waals surface area contributed by atoms with Crippen LogP contribution in [0.1, 0.15) is 27.3 Å². The molecular weight excluding hydrogens is 462 g/mol. The summed E-state index contributed by atoms with van der Waals surface area (Å²) in [4.78, 5) is 31.7. The number of nitrogens with one attached hydrogen (secondary N) is 2. The van der Waals surface area contributed by atoms with E-state index < -0.39 is 0 Å². The van der Waals surface area contributed by atoms with Crippen LogP contribution in [0.25, 0.3) is 10.2 Å². The number of carbonyl (C=O) groups is 2. The molecule has 4 aromatic rings. The molecule has 3 aromatic heterocycles. The lowest BCUT2D eigenvalue weighted by atomic mass is 10.1. The standard InChI is InChI=1S/C23H20ClN5O3S/c1-13-9-20(28-27-13)26-21(30)10-14-3-4-15(11-16(14)24)32-18-5-6-25-17-12-19(33-22(17)18)23(31)29-7-2-8-29/h3-6,9,11-12H,2,7-8,10H2,1H3,(H2,26,27,28,30). The van der Waals surface area contributed by atoms with E-state index in [1.54, 1.807) is 36.5 Å². The summed E-state index contributed by atoms with van der Waals surface area (Å²) < 4.78 is 6.87. The number of fused-ring (bicyclic) bond motifs is 1. The Morgan fingerprint density at radius 2 is 2.09 bits per heavy atom. The predicted octanol–water partition coefficient (Wildman–Crippen LogP) is 4.80. The van der Waals surface area contributed by atoms with Crippen molar-refractivity contribution >= 4 is 50.8 Å². The van der Waals surface area contributed by atoms with E-state index >= 15 is 0 Å². The maximum absolute atomic E-state index is 12.6. The first kappa shape index (κ1) is 21.4. The number of pyridine rings is 1. The highest BCUT2D eigenvalue weighted by Crippen LogP contribution is 2.36. The number of aromatic nitrogens is 3. The number of hydrogen-bond acceptors (Lipinski definition) is 6. The highest BCUT2D eigenvalue weighted by atomic mass is 35.5. The topological polar surface area (TPSA) is 100 Å². The van der Waals surface area contributed by atoms with Crippen molar-refractivity contribution in [1.29, 1.82) is 0 Å². The number of anilines is 1. The molecule has 168 valence electrons. The Labute approximate surface area is 198 Å². The van der Waals surface area contributed by atoms with Crippen LogP contribution in [0.5, 0.6) is 11.5 Å². The van der Waals surface area contributed by atoms with E-state index in [4.69, 9.17) is 16.3 Å². The van der Waals surface area contributed by atoms with E-state index in [9.17, 15) is 9.59 Å². The molecule has 33 heavy (non-hydrogen) atoms. The number of amides is 2. The van der Waals surface area contributed by atoms with Gasteiger partial charge in [0, 0.05) is 42.1 Å². The van der Waals surface area contributed by atoms with Crippen LogP contribution in [0.4, 0.5) is 5.82 Å². The normalized spacial score (nSPS) is 13.1. The van der Waals surface area contributed by atoms with Gasteiger partial charge in [-0.15, -0.1) is 11.3 Å². The number of rotatable bonds is 6. The summed E-state index contributed by atoms with van der Waals surface area (Å²) in [5, 5.41) is 9.93. The van der Waals surface area contributed by atoms with Crippen molar-refractivity contribution in [2.24, 2.45) is 0 Å². The molecule has 8 nitrogen and oxygen atoms in total. The van der Waals surface area contributed by atoms with Crippen molar-refractivity contribution in [3.05, 3.63) is 63.8 Å². The Morgan fingerprint density at radius 1 is 1.24 bits per heavy atom. The first-order chi connectivity index (χ1) is 16.0. The number of likely N-dealkylation sites (tertiary alicyclic amines) is 1. The van der Waals surface area contributed by atoms with Gasteiger partial charge in [0.2, 0.25) is 5.91 Å². The second-order valence-electron chi connectivity index (χ2n) is 7.80. The molecule has 1 aliphatic rings. The summed E-state index contributed by atoms with van der Waals surface area (Å²) in [6.07, 6.45) is 2.81. The van der Waals surface area contributed by atoms with Gasteiger partial charge < -0.3 is 15.0 Å². The Balaban J connectivity index is 1.31. The van der Waals surface area contributed by atoms with Crippen LogP contribution in [0.2, 0.25) is 5.02 Å². The van der Waals surface area contributed by atoms with E-state index in [1.807, 2.05) is 17.9 Å². The number of aryl methyl sites for hydroxylation is 1. The minimum absolute atomic E-state index is 0.0332. The monoisotopic (exact) mass is 481 g/mol. The van der Waals surface area contributed by atoms with Crippen LogP contribution in [-0.2, 0) is 11.2 Å². The quantitative estimate of drug-likeness (QED) is 0.412. The van der Waals surface area contributed by atoms with Crippen LogP contribution < -0.4 is 10.1 Å². The Bertz CT molecular complexity index is 1360. The highest BCUT2D eigenvalue weighted by Gasteiger charge is 2.24. The van der Waals surface area contributed by atoms with E-state index in [0.717, 1.165) is 35.4 Å². The fourth-order valence-corrected chi connectivity index (χ4v) is 4.75. The van der Waals surface area contributed by atoms with Crippen LogP contribution in [0.3, 0.4) is 0 Å². The number of H-pyrrole nitrogens is 1. The number of hydrogen-bond donors (Lipinski definition) is 2. The highest BCUT2D eigenvalue weighted by molar-refractivity contribution is 7.21. The van der Waals surface area contributed by atoms with Gasteiger partial charge >= 0.3 is 0 Å². The molecule has 10 heteroatoms. The van der Waals surface area contributed by atoms with Gasteiger partial charge in [-0.2, -0.15) is 5.10 Å². The zero-order valence-corrected chi connectivity index (χ0v) is 19.3. The molecule has 0 spiro atoms. The lowest BCUT2D eigenvalue weighted by Crippen LogP contribution is -2.41. The van der Waals surface area contributed by atoms with Gasteiger partial charge in [0.1, 0.15) is 11.5 Å². The lowest BCUT2D eigenvalue weighted by molar-refractivity contribution is -0.115. The van der Waals surface area contributed by atoms with Crippen LogP contribution in [-0.4, -0.2) is 45.0 Å². The summed E-state index contributed by atoms with van der Waals surface area (Å²) in [6.45, 7) is 3.46. The minimum Gasteiger partial charge on any atom is -0.456 e. The number of thiophene rings is 1. The molecule has 1 fully saturated rings. The predicted molar refractivity (Wildman–Crippen MR) is 127 cm³/mol. The van der Waals surface area contributed by atoms with Crippen molar-refractivity contribution in [2.45, 2.75) is 19.8 Å². The van der Waals surface area contributed by atoms with E-state index in [1.165, 1.54) is 11.3 Å². The zero-order valence-electron chi connectivity index (χ0n) is 17.7. The largest absolute Gasteiger partial charge is 0.456 e. The van der Waals surface area contributed by atoms with Gasteiger partial charge in [0.25, 0.3) is 5.91 Å². The second kappa shape index (κ2) is 8.84. The first-order valence-electron chi connectivity index (χ1n) is 10.4. The van der Waals surface area contributed by atoms with Crippen LogP contribution in [0, 0.1) is 6.92 Å². The molecule has 5 rings (SSSR count). The van der Waals surface area contributed by atoms with Crippen molar-refractivity contribution in [3.63, 3.8) is 0 Å². The van der Waals surface area contributed by atoms with Gasteiger partial charge in [-0.05, 0) is 37.1 Å². The molecule has 1 saturated heterocycles. The number of nitrogens with zero attached hydrogens (tertiary/aromatic N) is 3. The fourth-order valence-electron chi connectivity index (χ4n) is 3.48. The van der Waals surface area contributed by atoms with Gasteiger partial charge in [0.05, 0.1) is 21.5 Å². The fraction of sp³-hybridized carbons (Fsp3) is 0.217. The van der Waals surface area contributed by atoms with E-state index in [2.05, 4.69) is 20.5 Å². The number of aromatic amines is 1. The number of benzene rings is 1. The van der Waals surface area contributed by atoms with Gasteiger partial charge in [-0.3, -0.25) is 19.7 Å². The molecule has 0 bridgehead atoms. The maximum Gasteiger partial charge on any atom is 0.264 e. The van der Waals surface area contributed by atoms with Crippen molar-refractivity contribution in [2.75, 3.05) is 18.4 Å². The molecule has 0 aliphatic carbocycles. The number of ether oxygens (including phenoxy) is 1. The van der Waals surface area contributed by atoms with Crippen molar-refractivity contribution in [1.82, 2.24) is 20.1 Å². The SMILES string of the molecule is Cc1cc(NC(=O)Cc2ccc(Oc3ccnc4cc(C(=O)N5CCC5)sc34)cc2Cl)n[nH]1. The molecular formula is C23H20ClN5O3S. The van der Waals surface area contributed by atoms with Crippen LogP contribution >= 0.6 is 22.9 Å². The maximum atomic E-state index is 12.6. The summed E-state index contributed by atoms with van der Waals surface area (Å²) in [5.41, 5.74) is 2.25. The van der Waals surface area contributed by atoms with Crippen LogP contribution in [0.15, 0.2) is 42.6 Å². The molecule has 4 heterocycles. The second-order valence-corrected chi connectivity index (χ2v) is 9.26. The van der Waals surface area contributed by atoms with E-state index in [-0.39, 0.29) is 18.2 Å². The molecule has 2 amide bonds. The smallest absolute Gasteiger partial charge is 0.264 e. The van der Waals surface area contributed by atoms with Gasteiger partial charge in [0.15, 0.2) is 5.82 Å². The van der Waals surface area contributed by atoms with Crippen molar-refractivity contribution < 1.29 is 14.3 Å². The molecule has 2 N–H and O–H groups in total. The molecule has 0 unspecified atom stereocenters. The molecule has 1 aromatic carbocycles. The molecule has 0 saturated carbocycles. The lowest BCUT2D eigenvalue weighted by Gasteiger charge is -2.30. The summed E-state index contributed by atoms with van der Waals surface area (Å²) in [7, 11) is 0. The summed E-state index contributed by atoms with van der Waals surface area (Å²) >= 11 is 7.80. The Hall–Kier alpha value is -3.43. The average Bonchev–Trinajstić information content (AvgIpc) is 3.35. The third-order valence-corrected chi connectivity index (χ3v) is 6.79. The molecule has 0 atom stereocenters. The summed E-state index contributed by atoms with van der Waals surface area (Å²) in [6, 6.07) is 10.5. The number of carbonyl (C=O) groups excluding carboxylic acids is 2.